The highest BCUT2D eigenvalue weighted by Crippen LogP contribution is 2.72. The molecular formula is C62H43N. The molecule has 4 unspecified atom stereocenters. The van der Waals surface area contributed by atoms with Gasteiger partial charge in [-0.3, -0.25) is 0 Å². The molecule has 4 atom stereocenters. The van der Waals surface area contributed by atoms with Crippen LogP contribution in [-0.4, -0.2) is 0 Å². The van der Waals surface area contributed by atoms with Crippen molar-refractivity contribution in [3.8, 4) is 22.3 Å². The minimum absolute atomic E-state index is 0.263. The number of hydrogen-bond acceptors (Lipinski definition) is 1. The Balaban J connectivity index is 1.06. The van der Waals surface area contributed by atoms with Gasteiger partial charge in [-0.2, -0.15) is 0 Å². The van der Waals surface area contributed by atoms with E-state index in [1.54, 1.807) is 0 Å². The largest absolute Gasteiger partial charge is 0.310 e. The van der Waals surface area contributed by atoms with Crippen molar-refractivity contribution < 1.29 is 0 Å². The molecule has 0 heterocycles. The molecule has 7 aromatic rings. The highest BCUT2D eigenvalue weighted by molar-refractivity contribution is 6.03. The zero-order chi connectivity index (χ0) is 41.6. The first-order chi connectivity index (χ1) is 31.2. The van der Waals surface area contributed by atoms with E-state index < -0.39 is 5.41 Å². The summed E-state index contributed by atoms with van der Waals surface area (Å²) in [5.41, 5.74) is 24.8. The van der Waals surface area contributed by atoms with Crippen LogP contribution in [-0.2, 0) is 10.8 Å². The summed E-state index contributed by atoms with van der Waals surface area (Å²) in [5, 5.41) is 2.45. The molecule has 14 rings (SSSR count). The second-order valence-electron chi connectivity index (χ2n) is 18.2. The molecule has 2 bridgehead atoms. The van der Waals surface area contributed by atoms with E-state index in [1.165, 1.54) is 111 Å². The molecular weight excluding hydrogens is 759 g/mol. The zero-order valence-electron chi connectivity index (χ0n) is 35.1. The molecule has 7 aliphatic rings. The van der Waals surface area contributed by atoms with Crippen LogP contribution in [0.15, 0.2) is 230 Å². The fraction of sp³-hybridized carbons (Fsp3) is 0.0968. The van der Waals surface area contributed by atoms with Crippen LogP contribution in [0.4, 0.5) is 11.4 Å². The van der Waals surface area contributed by atoms with Gasteiger partial charge < -0.3 is 4.90 Å². The van der Waals surface area contributed by atoms with E-state index in [9.17, 15) is 0 Å². The van der Waals surface area contributed by atoms with E-state index >= 15 is 0 Å². The third kappa shape index (κ3) is 4.19. The number of benzene rings is 7. The Morgan fingerprint density at radius 2 is 1.33 bits per heavy atom. The molecule has 0 aliphatic heterocycles. The summed E-state index contributed by atoms with van der Waals surface area (Å²) in [6.45, 7) is 6.48. The SMILES string of the molecule is C=CC=C1/C(=C\C)c2ccccc2C12C1=CC(N(c3ccc4c(c3)C35c6c-4cccc6-c4cccc(c43)C3C=CC=CC35)c3cccc4ccccc34)=CC=C(C1)c1ccccc12. The van der Waals surface area contributed by atoms with Crippen molar-refractivity contribution in [2.24, 2.45) is 5.92 Å². The molecule has 2 spiro atoms. The van der Waals surface area contributed by atoms with Crippen molar-refractivity contribution in [1.82, 2.24) is 0 Å². The van der Waals surface area contributed by atoms with Crippen LogP contribution < -0.4 is 4.90 Å². The molecule has 0 saturated heterocycles. The van der Waals surface area contributed by atoms with Gasteiger partial charge in [0.25, 0.3) is 0 Å². The van der Waals surface area contributed by atoms with Gasteiger partial charge in [0.15, 0.2) is 0 Å². The second-order valence-corrected chi connectivity index (χ2v) is 18.2. The smallest absolute Gasteiger partial charge is 0.0686 e. The van der Waals surface area contributed by atoms with Gasteiger partial charge in [0.2, 0.25) is 0 Å². The van der Waals surface area contributed by atoms with Gasteiger partial charge in [0, 0.05) is 28.6 Å². The number of nitrogens with zero attached hydrogens (tertiary/aromatic N) is 1. The van der Waals surface area contributed by atoms with E-state index in [0.717, 1.165) is 12.1 Å². The Morgan fingerprint density at radius 3 is 2.19 bits per heavy atom. The molecule has 296 valence electrons. The van der Waals surface area contributed by atoms with Crippen molar-refractivity contribution >= 4 is 33.3 Å². The zero-order valence-corrected chi connectivity index (χ0v) is 35.1. The second kappa shape index (κ2) is 12.6. The average Bonchev–Trinajstić information content (AvgIpc) is 3.96. The maximum Gasteiger partial charge on any atom is 0.0686 e. The lowest BCUT2D eigenvalue weighted by atomic mass is 9.60. The standard InChI is InChI=1S/C62H43N/c1-3-16-53-43(4-2)46-21-8-11-28-55(46)61(53)40-35-39(44-19-7-10-27-54(44)61)31-32-41(36-40)63(58-30-13-18-38-17-5-6-20-45(38)58)42-33-34-48-50-24-15-26-52-51-25-14-23-49-47-22-9-12-29-56(47)62(59(49)51,60(50)52)57(48)37-42/h3-34,36-37,47,56H,1,35H2,2H3/b43-4-,53-16?. The molecule has 0 amide bonds. The minimum atomic E-state index is -0.493. The minimum Gasteiger partial charge on any atom is -0.310 e. The van der Waals surface area contributed by atoms with Crippen molar-refractivity contribution in [1.29, 1.82) is 0 Å². The van der Waals surface area contributed by atoms with Crippen LogP contribution in [0.1, 0.15) is 63.8 Å². The molecule has 0 saturated carbocycles. The van der Waals surface area contributed by atoms with Gasteiger partial charge in [-0.1, -0.05) is 183 Å². The highest BCUT2D eigenvalue weighted by Gasteiger charge is 2.62. The van der Waals surface area contributed by atoms with E-state index in [1.807, 2.05) is 6.08 Å². The Bertz CT molecular complexity index is 3480. The molecule has 63 heavy (non-hydrogen) atoms. The summed E-state index contributed by atoms with van der Waals surface area (Å²) in [5.74, 6) is 0.630. The normalized spacial score (nSPS) is 24.3. The summed E-state index contributed by atoms with van der Waals surface area (Å²) < 4.78 is 0. The molecule has 1 nitrogen and oxygen atoms in total. The van der Waals surface area contributed by atoms with E-state index in [-0.39, 0.29) is 5.41 Å². The summed E-state index contributed by atoms with van der Waals surface area (Å²) in [6, 6.07) is 55.4. The first kappa shape index (κ1) is 35.2. The summed E-state index contributed by atoms with van der Waals surface area (Å²) in [6.07, 6.45) is 24.3. The Labute approximate surface area is 369 Å². The molecule has 7 aliphatic carbocycles. The molecule has 0 radical (unpaired) electrons. The van der Waals surface area contributed by atoms with Gasteiger partial charge in [0.1, 0.15) is 0 Å². The first-order valence-corrected chi connectivity index (χ1v) is 22.5. The molecule has 0 aromatic heterocycles. The number of anilines is 2. The van der Waals surface area contributed by atoms with Crippen LogP contribution in [0.2, 0.25) is 0 Å². The molecule has 0 N–H and O–H groups in total. The monoisotopic (exact) mass is 801 g/mol. The van der Waals surface area contributed by atoms with Crippen molar-refractivity contribution in [2.45, 2.75) is 30.1 Å². The predicted molar refractivity (Wildman–Crippen MR) is 262 cm³/mol. The number of rotatable bonds is 4. The van der Waals surface area contributed by atoms with Gasteiger partial charge in [-0.05, 0) is 138 Å². The quantitative estimate of drug-likeness (QED) is 0.171. The molecule has 7 aromatic carbocycles. The van der Waals surface area contributed by atoms with Gasteiger partial charge in [-0.25, -0.2) is 0 Å². The molecule has 0 fully saturated rings. The highest BCUT2D eigenvalue weighted by atomic mass is 15.1. The lowest BCUT2D eigenvalue weighted by Gasteiger charge is -2.42. The van der Waals surface area contributed by atoms with Crippen LogP contribution in [0.5, 0.6) is 0 Å². The Kier molecular flexibility index (Phi) is 7.01. The fourth-order valence-corrected chi connectivity index (χ4v) is 13.6. The van der Waals surface area contributed by atoms with Crippen LogP contribution in [0, 0.1) is 5.92 Å². The van der Waals surface area contributed by atoms with E-state index in [2.05, 4.69) is 219 Å². The molecule has 1 heteroatoms. The maximum absolute atomic E-state index is 4.29. The van der Waals surface area contributed by atoms with E-state index in [4.69, 9.17) is 0 Å². The van der Waals surface area contributed by atoms with Gasteiger partial charge in [0.05, 0.1) is 16.5 Å². The van der Waals surface area contributed by atoms with Crippen LogP contribution in [0.25, 0.3) is 44.2 Å². The number of allylic oxidation sites excluding steroid dienone is 14. The van der Waals surface area contributed by atoms with Crippen LogP contribution >= 0.6 is 0 Å². The van der Waals surface area contributed by atoms with Gasteiger partial charge >= 0.3 is 0 Å². The third-order valence-corrected chi connectivity index (χ3v) is 15.7. The first-order valence-electron chi connectivity index (χ1n) is 22.5. The average molecular weight is 802 g/mol. The Hall–Kier alpha value is -7.48. The van der Waals surface area contributed by atoms with E-state index in [0.29, 0.717) is 11.8 Å². The van der Waals surface area contributed by atoms with Crippen LogP contribution in [0.3, 0.4) is 0 Å². The van der Waals surface area contributed by atoms with Gasteiger partial charge in [-0.15, -0.1) is 0 Å². The Morgan fingerprint density at radius 1 is 0.635 bits per heavy atom. The van der Waals surface area contributed by atoms with Crippen molar-refractivity contribution in [3.05, 3.63) is 274 Å². The fourth-order valence-electron chi connectivity index (χ4n) is 13.6. The number of fused-ring (bicyclic) bond motifs is 14. The topological polar surface area (TPSA) is 3.24 Å². The van der Waals surface area contributed by atoms with Crippen molar-refractivity contribution in [2.75, 3.05) is 4.90 Å². The summed E-state index contributed by atoms with van der Waals surface area (Å²) >= 11 is 0. The summed E-state index contributed by atoms with van der Waals surface area (Å²) in [4.78, 5) is 2.57. The summed E-state index contributed by atoms with van der Waals surface area (Å²) in [7, 11) is 0. The maximum atomic E-state index is 4.29. The lowest BCUT2D eigenvalue weighted by molar-refractivity contribution is 0.472. The van der Waals surface area contributed by atoms with Crippen molar-refractivity contribution in [3.63, 3.8) is 0 Å². The lowest BCUT2D eigenvalue weighted by Crippen LogP contribution is -2.34. The third-order valence-electron chi connectivity index (χ3n) is 15.7. The number of hydrogen-bond donors (Lipinski definition) is 0. The predicted octanol–water partition coefficient (Wildman–Crippen LogP) is 15.2.